The number of nitrogens with two attached hydrogens (primary N) is 1. The first-order chi connectivity index (χ1) is 8.20. The van der Waals surface area contributed by atoms with Crippen LogP contribution in [-0.2, 0) is 12.8 Å². The molecule has 3 N–H and O–H groups in total. The van der Waals surface area contributed by atoms with Gasteiger partial charge in [0.05, 0.1) is 13.3 Å². The smallest absolute Gasteiger partial charge is 0.332 e. The van der Waals surface area contributed by atoms with Crippen LogP contribution in [0.4, 0.5) is 4.79 Å². The van der Waals surface area contributed by atoms with Gasteiger partial charge < -0.3 is 10.5 Å². The van der Waals surface area contributed by atoms with Crippen molar-refractivity contribution < 1.29 is 9.53 Å². The SMILES string of the molecule is COc1cc2c(cc1C=NNC(N)=O)CCC2. The summed E-state index contributed by atoms with van der Waals surface area (Å²) in [6.07, 6.45) is 4.91. The number of fused-ring (bicyclic) bond motifs is 1. The highest BCUT2D eigenvalue weighted by molar-refractivity contribution is 5.85. The number of methoxy groups -OCH3 is 1. The monoisotopic (exact) mass is 233 g/mol. The molecule has 0 aliphatic heterocycles. The second-order valence-corrected chi connectivity index (χ2v) is 3.95. The minimum absolute atomic E-state index is 0.679. The van der Waals surface area contributed by atoms with Crippen LogP contribution < -0.4 is 15.9 Å². The quantitative estimate of drug-likeness (QED) is 0.607. The second-order valence-electron chi connectivity index (χ2n) is 3.95. The molecule has 0 bridgehead atoms. The molecule has 0 fully saturated rings. The third-order valence-electron chi connectivity index (χ3n) is 2.82. The Morgan fingerprint density at radius 1 is 1.47 bits per heavy atom. The Balaban J connectivity index is 2.26. The Kier molecular flexibility index (Phi) is 3.27. The topological polar surface area (TPSA) is 76.7 Å². The van der Waals surface area contributed by atoms with Crippen molar-refractivity contribution in [3.8, 4) is 5.75 Å². The molecule has 5 nitrogen and oxygen atoms in total. The average molecular weight is 233 g/mol. The first kappa shape index (κ1) is 11.4. The third kappa shape index (κ3) is 2.55. The van der Waals surface area contributed by atoms with E-state index in [1.807, 2.05) is 12.1 Å². The fourth-order valence-corrected chi connectivity index (χ4v) is 2.06. The number of rotatable bonds is 3. The average Bonchev–Trinajstić information content (AvgIpc) is 2.74. The van der Waals surface area contributed by atoms with E-state index < -0.39 is 6.03 Å². The van der Waals surface area contributed by atoms with Crippen molar-refractivity contribution in [2.45, 2.75) is 19.3 Å². The number of carbonyl (C=O) groups is 1. The Morgan fingerprint density at radius 3 is 2.82 bits per heavy atom. The van der Waals surface area contributed by atoms with Crippen LogP contribution in [0.15, 0.2) is 17.2 Å². The van der Waals surface area contributed by atoms with Gasteiger partial charge in [-0.15, -0.1) is 0 Å². The maximum absolute atomic E-state index is 10.5. The lowest BCUT2D eigenvalue weighted by molar-refractivity contribution is 0.249. The Bertz CT molecular complexity index is 469. The van der Waals surface area contributed by atoms with Gasteiger partial charge in [-0.25, -0.2) is 10.2 Å². The summed E-state index contributed by atoms with van der Waals surface area (Å²) >= 11 is 0. The molecule has 2 amide bonds. The summed E-state index contributed by atoms with van der Waals surface area (Å²) in [7, 11) is 1.62. The Labute approximate surface area is 99.6 Å². The Morgan fingerprint density at radius 2 is 2.18 bits per heavy atom. The highest BCUT2D eigenvalue weighted by atomic mass is 16.5. The number of ether oxygens (including phenoxy) is 1. The van der Waals surface area contributed by atoms with E-state index >= 15 is 0 Å². The van der Waals surface area contributed by atoms with Gasteiger partial charge in [0.2, 0.25) is 0 Å². The molecule has 1 aromatic rings. The maximum atomic E-state index is 10.5. The van der Waals surface area contributed by atoms with E-state index in [9.17, 15) is 4.79 Å². The molecule has 0 heterocycles. The van der Waals surface area contributed by atoms with Crippen molar-refractivity contribution in [3.63, 3.8) is 0 Å². The van der Waals surface area contributed by atoms with Gasteiger partial charge >= 0.3 is 6.03 Å². The summed E-state index contributed by atoms with van der Waals surface area (Å²) in [5, 5.41) is 3.75. The molecular weight excluding hydrogens is 218 g/mol. The zero-order valence-electron chi connectivity index (χ0n) is 9.69. The minimum Gasteiger partial charge on any atom is -0.496 e. The van der Waals surface area contributed by atoms with Gasteiger partial charge in [0, 0.05) is 5.56 Å². The molecular formula is C12H15N3O2. The predicted molar refractivity (Wildman–Crippen MR) is 65.3 cm³/mol. The zero-order valence-corrected chi connectivity index (χ0v) is 9.69. The molecule has 5 heteroatoms. The fraction of sp³-hybridized carbons (Fsp3) is 0.333. The van der Waals surface area contributed by atoms with Crippen molar-refractivity contribution in [1.29, 1.82) is 0 Å². The number of primary amides is 1. The zero-order chi connectivity index (χ0) is 12.3. The highest BCUT2D eigenvalue weighted by Crippen LogP contribution is 2.28. The normalized spacial score (nSPS) is 13.7. The highest BCUT2D eigenvalue weighted by Gasteiger charge is 2.14. The van der Waals surface area contributed by atoms with E-state index in [0.717, 1.165) is 24.2 Å². The van der Waals surface area contributed by atoms with E-state index in [0.29, 0.717) is 0 Å². The number of aryl methyl sites for hydroxylation is 2. The molecule has 17 heavy (non-hydrogen) atoms. The minimum atomic E-state index is -0.679. The molecule has 2 rings (SSSR count). The summed E-state index contributed by atoms with van der Waals surface area (Å²) in [6, 6.07) is 3.41. The molecule has 0 saturated carbocycles. The molecule has 0 unspecified atom stereocenters. The van der Waals surface area contributed by atoms with E-state index in [1.165, 1.54) is 17.5 Å². The van der Waals surface area contributed by atoms with E-state index in [4.69, 9.17) is 10.5 Å². The van der Waals surface area contributed by atoms with Crippen LogP contribution in [0.25, 0.3) is 0 Å². The molecule has 1 aliphatic rings. The number of carbonyl (C=O) groups excluding carboxylic acids is 1. The molecule has 0 atom stereocenters. The van der Waals surface area contributed by atoms with Crippen LogP contribution in [0.5, 0.6) is 5.75 Å². The standard InChI is InChI=1S/C12H15N3O2/c1-17-11-6-9-4-2-3-8(9)5-10(11)7-14-15-12(13)16/h5-7H,2-4H2,1H3,(H3,13,15,16). The van der Waals surface area contributed by atoms with Crippen LogP contribution in [0, 0.1) is 0 Å². The first-order valence-corrected chi connectivity index (χ1v) is 5.49. The number of hydrazone groups is 1. The van der Waals surface area contributed by atoms with Crippen LogP contribution in [0.2, 0.25) is 0 Å². The van der Waals surface area contributed by atoms with Gasteiger partial charge in [-0.1, -0.05) is 0 Å². The van der Waals surface area contributed by atoms with Crippen molar-refractivity contribution in [1.82, 2.24) is 5.43 Å². The number of nitrogens with one attached hydrogen (secondary N) is 1. The fourth-order valence-electron chi connectivity index (χ4n) is 2.06. The van der Waals surface area contributed by atoms with Crippen LogP contribution in [0.1, 0.15) is 23.1 Å². The largest absolute Gasteiger partial charge is 0.496 e. The summed E-state index contributed by atoms with van der Waals surface area (Å²) in [6.45, 7) is 0. The molecule has 90 valence electrons. The van der Waals surface area contributed by atoms with Gasteiger partial charge in [0.15, 0.2) is 0 Å². The second kappa shape index (κ2) is 4.86. The number of hydrogen-bond donors (Lipinski definition) is 2. The van der Waals surface area contributed by atoms with Gasteiger partial charge in [-0.05, 0) is 42.5 Å². The summed E-state index contributed by atoms with van der Waals surface area (Å²) in [5.41, 5.74) is 10.6. The van der Waals surface area contributed by atoms with Crippen molar-refractivity contribution >= 4 is 12.2 Å². The lowest BCUT2D eigenvalue weighted by atomic mass is 10.1. The van der Waals surface area contributed by atoms with Gasteiger partial charge in [0.1, 0.15) is 5.75 Å². The van der Waals surface area contributed by atoms with Crippen molar-refractivity contribution in [3.05, 3.63) is 28.8 Å². The molecule has 0 radical (unpaired) electrons. The number of nitrogens with zero attached hydrogens (tertiary/aromatic N) is 1. The van der Waals surface area contributed by atoms with Crippen molar-refractivity contribution in [2.75, 3.05) is 7.11 Å². The lowest BCUT2D eigenvalue weighted by Crippen LogP contribution is -2.24. The molecule has 0 spiro atoms. The van der Waals surface area contributed by atoms with Gasteiger partial charge in [-0.2, -0.15) is 5.10 Å². The summed E-state index contributed by atoms with van der Waals surface area (Å²) in [4.78, 5) is 10.5. The maximum Gasteiger partial charge on any atom is 0.332 e. The molecule has 1 aliphatic carbocycles. The molecule has 1 aromatic carbocycles. The Hall–Kier alpha value is -2.04. The van der Waals surface area contributed by atoms with Crippen LogP contribution >= 0.6 is 0 Å². The molecule has 0 saturated heterocycles. The lowest BCUT2D eigenvalue weighted by Gasteiger charge is -2.08. The van der Waals surface area contributed by atoms with E-state index in [2.05, 4.69) is 10.5 Å². The van der Waals surface area contributed by atoms with E-state index in [-0.39, 0.29) is 0 Å². The third-order valence-corrected chi connectivity index (χ3v) is 2.82. The predicted octanol–water partition coefficient (Wildman–Crippen LogP) is 1.19. The number of benzene rings is 1. The van der Waals surface area contributed by atoms with Gasteiger partial charge in [-0.3, -0.25) is 0 Å². The summed E-state index contributed by atoms with van der Waals surface area (Å²) < 4.78 is 5.29. The van der Waals surface area contributed by atoms with Crippen molar-refractivity contribution in [2.24, 2.45) is 10.8 Å². The summed E-state index contributed by atoms with van der Waals surface area (Å²) in [5.74, 6) is 0.765. The number of amides is 2. The van der Waals surface area contributed by atoms with E-state index in [1.54, 1.807) is 13.3 Å². The van der Waals surface area contributed by atoms with Crippen LogP contribution in [0.3, 0.4) is 0 Å². The number of urea groups is 1. The number of hydrogen-bond acceptors (Lipinski definition) is 3. The van der Waals surface area contributed by atoms with Gasteiger partial charge in [0.25, 0.3) is 0 Å². The van der Waals surface area contributed by atoms with Crippen LogP contribution in [-0.4, -0.2) is 19.4 Å². The molecule has 0 aromatic heterocycles. The first-order valence-electron chi connectivity index (χ1n) is 5.49.